The molecule has 8 heteroatoms. The lowest BCUT2D eigenvalue weighted by Crippen LogP contribution is -2.39. The molecule has 39 heavy (non-hydrogen) atoms. The summed E-state index contributed by atoms with van der Waals surface area (Å²) in [5, 5.41) is 0. The second kappa shape index (κ2) is 11.6. The number of hydrogen-bond acceptors (Lipinski definition) is 6. The summed E-state index contributed by atoms with van der Waals surface area (Å²) in [6, 6.07) is 22.9. The van der Waals surface area contributed by atoms with Gasteiger partial charge in [0.15, 0.2) is 4.80 Å². The highest BCUT2D eigenvalue weighted by molar-refractivity contribution is 9.10. The van der Waals surface area contributed by atoms with E-state index in [1.807, 2.05) is 85.8 Å². The average molecular weight is 604 g/mol. The minimum absolute atomic E-state index is 0.209. The van der Waals surface area contributed by atoms with Crippen molar-refractivity contribution in [2.75, 3.05) is 6.61 Å². The van der Waals surface area contributed by atoms with E-state index in [2.05, 4.69) is 20.9 Å². The van der Waals surface area contributed by atoms with Crippen LogP contribution in [0, 0.1) is 6.92 Å². The number of hydrogen-bond donors (Lipinski definition) is 0. The van der Waals surface area contributed by atoms with Crippen LogP contribution < -0.4 is 19.6 Å². The van der Waals surface area contributed by atoms with Crippen LogP contribution in [-0.4, -0.2) is 17.1 Å². The molecule has 1 aliphatic heterocycles. The third-order valence-corrected chi connectivity index (χ3v) is 8.00. The number of fused-ring (bicyclic) bond motifs is 1. The Morgan fingerprint density at radius 2 is 1.82 bits per heavy atom. The molecule has 1 atom stereocenters. The number of carbonyl (C=O) groups is 1. The van der Waals surface area contributed by atoms with Crippen LogP contribution in [0.4, 0.5) is 0 Å². The zero-order valence-electron chi connectivity index (χ0n) is 21.8. The molecule has 0 spiro atoms. The van der Waals surface area contributed by atoms with E-state index < -0.39 is 12.0 Å². The third kappa shape index (κ3) is 5.67. The second-order valence-corrected chi connectivity index (χ2v) is 11.0. The Morgan fingerprint density at radius 1 is 1.08 bits per heavy atom. The molecule has 0 unspecified atom stereocenters. The third-order valence-electron chi connectivity index (χ3n) is 6.40. The van der Waals surface area contributed by atoms with E-state index in [-0.39, 0.29) is 12.2 Å². The van der Waals surface area contributed by atoms with Crippen LogP contribution in [0.1, 0.15) is 42.1 Å². The predicted octanol–water partition coefficient (Wildman–Crippen LogP) is 5.45. The van der Waals surface area contributed by atoms with Gasteiger partial charge in [-0.3, -0.25) is 9.36 Å². The molecule has 0 N–H and O–H groups in total. The van der Waals surface area contributed by atoms with Gasteiger partial charge in [-0.2, -0.15) is 0 Å². The molecule has 0 amide bonds. The molecule has 6 nitrogen and oxygen atoms in total. The molecule has 1 aliphatic rings. The SMILES string of the molecule is CCOC(=O)C1=C(C)N=c2s/c(=C/c3ccc(OCc4ccccc4)c(Br)c3)c(=O)n2[C@@H]1c1ccc(C)cc1. The summed E-state index contributed by atoms with van der Waals surface area (Å²) in [6.07, 6.45) is 1.84. The number of thiazole rings is 1. The van der Waals surface area contributed by atoms with Crippen LogP contribution in [0.25, 0.3) is 6.08 Å². The molecular weight excluding hydrogens is 576 g/mol. The smallest absolute Gasteiger partial charge is 0.338 e. The Hall–Kier alpha value is -3.75. The number of benzene rings is 3. The van der Waals surface area contributed by atoms with Crippen molar-refractivity contribution in [3.05, 3.63) is 130 Å². The van der Waals surface area contributed by atoms with Crippen molar-refractivity contribution in [1.29, 1.82) is 0 Å². The van der Waals surface area contributed by atoms with Gasteiger partial charge in [0, 0.05) is 0 Å². The normalized spacial score (nSPS) is 15.1. The van der Waals surface area contributed by atoms with E-state index >= 15 is 0 Å². The van der Waals surface area contributed by atoms with Crippen molar-refractivity contribution in [1.82, 2.24) is 4.57 Å². The zero-order valence-corrected chi connectivity index (χ0v) is 24.2. The zero-order chi connectivity index (χ0) is 27.5. The molecule has 5 rings (SSSR count). The fourth-order valence-electron chi connectivity index (χ4n) is 4.47. The molecule has 0 saturated heterocycles. The van der Waals surface area contributed by atoms with Crippen molar-refractivity contribution < 1.29 is 14.3 Å². The van der Waals surface area contributed by atoms with Gasteiger partial charge < -0.3 is 9.47 Å². The lowest BCUT2D eigenvalue weighted by molar-refractivity contribution is -0.139. The van der Waals surface area contributed by atoms with Crippen molar-refractivity contribution in [3.63, 3.8) is 0 Å². The summed E-state index contributed by atoms with van der Waals surface area (Å²) in [5.74, 6) is 0.250. The number of aryl methyl sites for hydroxylation is 1. The summed E-state index contributed by atoms with van der Waals surface area (Å²) in [4.78, 5) is 32.0. The second-order valence-electron chi connectivity index (χ2n) is 9.18. The first kappa shape index (κ1) is 26.8. The summed E-state index contributed by atoms with van der Waals surface area (Å²) in [7, 11) is 0. The topological polar surface area (TPSA) is 69.9 Å². The first-order valence-electron chi connectivity index (χ1n) is 12.6. The number of carbonyl (C=O) groups excluding carboxylic acids is 1. The predicted molar refractivity (Wildman–Crippen MR) is 156 cm³/mol. The Labute approximate surface area is 238 Å². The van der Waals surface area contributed by atoms with E-state index in [0.29, 0.717) is 33.0 Å². The number of allylic oxidation sites excluding steroid dienone is 1. The van der Waals surface area contributed by atoms with Gasteiger partial charge in [0.05, 0.1) is 32.9 Å². The van der Waals surface area contributed by atoms with Crippen molar-refractivity contribution in [3.8, 4) is 5.75 Å². The quantitative estimate of drug-likeness (QED) is 0.264. The molecule has 3 aromatic carbocycles. The molecular formula is C31H27BrN2O4S. The number of rotatable bonds is 7. The maximum absolute atomic E-state index is 13.8. The van der Waals surface area contributed by atoms with E-state index in [1.54, 1.807) is 18.4 Å². The molecule has 1 aromatic heterocycles. The minimum Gasteiger partial charge on any atom is -0.488 e. The van der Waals surface area contributed by atoms with Crippen LogP contribution in [-0.2, 0) is 16.1 Å². The van der Waals surface area contributed by atoms with Gasteiger partial charge in [-0.05, 0) is 71.6 Å². The summed E-state index contributed by atoms with van der Waals surface area (Å²) in [5.41, 5.74) is 4.55. The monoisotopic (exact) mass is 602 g/mol. The van der Waals surface area contributed by atoms with Crippen LogP contribution in [0.5, 0.6) is 5.75 Å². The number of nitrogens with zero attached hydrogens (tertiary/aromatic N) is 2. The number of ether oxygens (including phenoxy) is 2. The Bertz CT molecular complexity index is 1740. The molecule has 2 heterocycles. The summed E-state index contributed by atoms with van der Waals surface area (Å²) < 4.78 is 14.2. The van der Waals surface area contributed by atoms with Crippen molar-refractivity contribution in [2.24, 2.45) is 4.99 Å². The van der Waals surface area contributed by atoms with E-state index in [9.17, 15) is 9.59 Å². The van der Waals surface area contributed by atoms with E-state index in [4.69, 9.17) is 9.47 Å². The highest BCUT2D eigenvalue weighted by atomic mass is 79.9. The lowest BCUT2D eigenvalue weighted by atomic mass is 9.95. The molecule has 198 valence electrons. The molecule has 0 saturated carbocycles. The Balaban J connectivity index is 1.53. The number of aromatic nitrogens is 1. The standard InChI is InChI=1S/C31H27BrN2O4S/c1-4-37-30(36)27-20(3)33-31-34(28(27)23-13-10-19(2)11-14-23)29(35)26(39-31)17-22-12-15-25(24(32)16-22)38-18-21-8-6-5-7-9-21/h5-17,28H,4,18H2,1-3H3/b26-17+/t28-/m1/s1. The van der Waals surface area contributed by atoms with Gasteiger partial charge in [0.1, 0.15) is 12.4 Å². The van der Waals surface area contributed by atoms with Crippen molar-refractivity contribution in [2.45, 2.75) is 33.4 Å². The van der Waals surface area contributed by atoms with Crippen LogP contribution in [0.2, 0.25) is 0 Å². The maximum Gasteiger partial charge on any atom is 0.338 e. The first-order valence-corrected chi connectivity index (χ1v) is 14.2. The van der Waals surface area contributed by atoms with Crippen LogP contribution >= 0.6 is 27.3 Å². The maximum atomic E-state index is 13.8. The van der Waals surface area contributed by atoms with Gasteiger partial charge >= 0.3 is 5.97 Å². The highest BCUT2D eigenvalue weighted by Crippen LogP contribution is 2.31. The molecule has 4 aromatic rings. The van der Waals surface area contributed by atoms with Gasteiger partial charge in [-0.15, -0.1) is 0 Å². The molecule has 0 fully saturated rings. The first-order chi connectivity index (χ1) is 18.9. The molecule has 0 aliphatic carbocycles. The largest absolute Gasteiger partial charge is 0.488 e. The van der Waals surface area contributed by atoms with Gasteiger partial charge in [-0.25, -0.2) is 9.79 Å². The summed E-state index contributed by atoms with van der Waals surface area (Å²) in [6.45, 7) is 6.24. The van der Waals surface area contributed by atoms with E-state index in [1.165, 1.54) is 11.3 Å². The number of esters is 1. The lowest BCUT2D eigenvalue weighted by Gasteiger charge is -2.24. The van der Waals surface area contributed by atoms with Crippen LogP contribution in [0.15, 0.2) is 98.3 Å². The van der Waals surface area contributed by atoms with Gasteiger partial charge in [0.25, 0.3) is 5.56 Å². The minimum atomic E-state index is -0.622. The van der Waals surface area contributed by atoms with E-state index in [0.717, 1.165) is 26.7 Å². The number of halogens is 1. The fraction of sp³-hybridized carbons (Fsp3) is 0.194. The Morgan fingerprint density at radius 3 is 2.51 bits per heavy atom. The van der Waals surface area contributed by atoms with Crippen molar-refractivity contribution >= 4 is 39.3 Å². The summed E-state index contributed by atoms with van der Waals surface area (Å²) >= 11 is 4.90. The van der Waals surface area contributed by atoms with Gasteiger partial charge in [-0.1, -0.05) is 77.6 Å². The van der Waals surface area contributed by atoms with Gasteiger partial charge in [0.2, 0.25) is 0 Å². The highest BCUT2D eigenvalue weighted by Gasteiger charge is 2.33. The van der Waals surface area contributed by atoms with Crippen LogP contribution in [0.3, 0.4) is 0 Å². The Kier molecular flexibility index (Phi) is 7.95. The molecule has 0 bridgehead atoms. The molecule has 0 radical (unpaired) electrons. The fourth-order valence-corrected chi connectivity index (χ4v) is 6.02. The average Bonchev–Trinajstić information content (AvgIpc) is 3.22.